The van der Waals surface area contributed by atoms with E-state index in [4.69, 9.17) is 0 Å². The maximum absolute atomic E-state index is 9.31. The lowest BCUT2D eigenvalue weighted by Crippen LogP contribution is -2.01. The Morgan fingerprint density at radius 3 is 2.53 bits per heavy atom. The number of rotatable bonds is 0. The van der Waals surface area contributed by atoms with Crippen LogP contribution in [0, 0.1) is 0 Å². The van der Waals surface area contributed by atoms with Crippen molar-refractivity contribution in [3.05, 3.63) is 36.5 Å². The minimum Gasteiger partial charge on any atom is -0.506 e. The number of phenolic OH excluding ortho intramolecular Hbond substituents is 1. The second-order valence-electron chi connectivity index (χ2n) is 2.96. The zero-order chi connectivity index (χ0) is 11.3. The van der Waals surface area contributed by atoms with E-state index in [1.54, 1.807) is 18.3 Å². The molecule has 0 fully saturated rings. The normalized spacial score (nSPS) is 9.13. The summed E-state index contributed by atoms with van der Waals surface area (Å²) in [7, 11) is 0. The van der Waals surface area contributed by atoms with E-state index in [0.717, 1.165) is 5.39 Å². The quantitative estimate of drug-likeness (QED) is 0.681. The Morgan fingerprint density at radius 2 is 1.93 bits per heavy atom. The van der Waals surface area contributed by atoms with Crippen LogP contribution in [0.4, 0.5) is 0 Å². The summed E-state index contributed by atoms with van der Waals surface area (Å²) in [6.45, 7) is 1.31. The number of aromatic nitrogens is 1. The Labute approximate surface area is 87.4 Å². The molecular formula is C11H12N2O2. The summed E-state index contributed by atoms with van der Waals surface area (Å²) in [5.74, 6) is -0.0944. The van der Waals surface area contributed by atoms with Crippen molar-refractivity contribution < 1.29 is 9.90 Å². The van der Waals surface area contributed by atoms with Gasteiger partial charge in [-0.25, -0.2) is 0 Å². The fourth-order valence-electron chi connectivity index (χ4n) is 1.09. The smallest absolute Gasteiger partial charge is 0.214 e. The molecule has 0 bridgehead atoms. The second kappa shape index (κ2) is 4.95. The standard InChI is InChI=1S/C9H7NO.C2H5NO/c11-8-5-1-3-7-4-2-6-10-9(7)8;1-2(3)4/h1-6,11H;1H3,(H2,3,4). The van der Waals surface area contributed by atoms with E-state index in [-0.39, 0.29) is 11.7 Å². The van der Waals surface area contributed by atoms with Crippen molar-refractivity contribution in [3.63, 3.8) is 0 Å². The molecule has 0 aliphatic heterocycles. The van der Waals surface area contributed by atoms with E-state index in [1.165, 1.54) is 6.92 Å². The van der Waals surface area contributed by atoms with E-state index in [1.807, 2.05) is 18.2 Å². The van der Waals surface area contributed by atoms with Gasteiger partial charge in [-0.2, -0.15) is 0 Å². The lowest BCUT2D eigenvalue weighted by atomic mass is 10.2. The van der Waals surface area contributed by atoms with Crippen LogP contribution in [0.2, 0.25) is 0 Å². The van der Waals surface area contributed by atoms with Crippen molar-refractivity contribution >= 4 is 16.8 Å². The van der Waals surface area contributed by atoms with E-state index in [0.29, 0.717) is 5.52 Å². The first kappa shape index (κ1) is 11.0. The molecule has 0 saturated heterocycles. The molecule has 0 atom stereocenters. The van der Waals surface area contributed by atoms with Gasteiger partial charge in [-0.3, -0.25) is 9.78 Å². The van der Waals surface area contributed by atoms with E-state index >= 15 is 0 Å². The van der Waals surface area contributed by atoms with Crippen LogP contribution in [0.25, 0.3) is 10.9 Å². The zero-order valence-corrected chi connectivity index (χ0v) is 8.34. The van der Waals surface area contributed by atoms with Gasteiger partial charge in [0.2, 0.25) is 5.91 Å². The minimum absolute atomic E-state index is 0.239. The highest BCUT2D eigenvalue weighted by Gasteiger charge is 1.96. The molecule has 1 aromatic heterocycles. The number of para-hydroxylation sites is 1. The zero-order valence-electron chi connectivity index (χ0n) is 8.34. The summed E-state index contributed by atoms with van der Waals surface area (Å²) in [4.78, 5) is 13.3. The molecule has 0 spiro atoms. The number of pyridine rings is 1. The number of carbonyl (C=O) groups is 1. The van der Waals surface area contributed by atoms with Crippen molar-refractivity contribution in [2.45, 2.75) is 6.92 Å². The fourth-order valence-corrected chi connectivity index (χ4v) is 1.09. The Kier molecular flexibility index (Phi) is 3.62. The first-order chi connectivity index (χ1) is 7.11. The topological polar surface area (TPSA) is 76.2 Å². The second-order valence-corrected chi connectivity index (χ2v) is 2.96. The molecule has 1 amide bonds. The van der Waals surface area contributed by atoms with E-state index < -0.39 is 0 Å². The van der Waals surface area contributed by atoms with Gasteiger partial charge >= 0.3 is 0 Å². The monoisotopic (exact) mass is 204 g/mol. The number of primary amides is 1. The molecule has 4 nitrogen and oxygen atoms in total. The summed E-state index contributed by atoms with van der Waals surface area (Å²) < 4.78 is 0. The number of nitrogens with two attached hydrogens (primary N) is 1. The molecule has 0 aliphatic carbocycles. The number of phenols is 1. The maximum atomic E-state index is 9.31. The summed E-state index contributed by atoms with van der Waals surface area (Å²) in [6, 6.07) is 9.13. The average molecular weight is 204 g/mol. The third kappa shape index (κ3) is 3.27. The van der Waals surface area contributed by atoms with E-state index in [9.17, 15) is 9.90 Å². The molecule has 2 aromatic rings. The summed E-state index contributed by atoms with van der Waals surface area (Å²) in [6.07, 6.45) is 1.67. The number of aromatic hydroxyl groups is 1. The lowest BCUT2D eigenvalue weighted by molar-refractivity contribution is -0.115. The lowest BCUT2D eigenvalue weighted by Gasteiger charge is -1.96. The van der Waals surface area contributed by atoms with Crippen LogP contribution in [-0.2, 0) is 4.79 Å². The van der Waals surface area contributed by atoms with Crippen LogP contribution in [0.15, 0.2) is 36.5 Å². The van der Waals surface area contributed by atoms with E-state index in [2.05, 4.69) is 10.7 Å². The molecule has 4 heteroatoms. The minimum atomic E-state index is -0.333. The van der Waals surface area contributed by atoms with Gasteiger partial charge in [0.25, 0.3) is 0 Å². The van der Waals surface area contributed by atoms with Gasteiger partial charge in [0, 0.05) is 18.5 Å². The number of amides is 1. The number of hydrogen-bond acceptors (Lipinski definition) is 3. The van der Waals surface area contributed by atoms with Crippen LogP contribution in [0.1, 0.15) is 6.92 Å². The van der Waals surface area contributed by atoms with Gasteiger partial charge in [-0.05, 0) is 12.1 Å². The van der Waals surface area contributed by atoms with Crippen LogP contribution in [0.3, 0.4) is 0 Å². The highest BCUT2D eigenvalue weighted by atomic mass is 16.3. The molecule has 0 saturated carbocycles. The van der Waals surface area contributed by atoms with Gasteiger partial charge in [0.1, 0.15) is 11.3 Å². The number of hydrogen-bond donors (Lipinski definition) is 2. The van der Waals surface area contributed by atoms with Crippen LogP contribution in [0.5, 0.6) is 5.75 Å². The summed E-state index contributed by atoms with van der Waals surface area (Å²) >= 11 is 0. The predicted molar refractivity (Wildman–Crippen MR) is 58.3 cm³/mol. The highest BCUT2D eigenvalue weighted by molar-refractivity contribution is 5.83. The first-order valence-corrected chi connectivity index (χ1v) is 4.40. The molecule has 1 heterocycles. The number of nitrogens with zero attached hydrogens (tertiary/aromatic N) is 1. The van der Waals surface area contributed by atoms with Crippen molar-refractivity contribution in [1.29, 1.82) is 0 Å². The third-order valence-electron chi connectivity index (χ3n) is 1.61. The summed E-state index contributed by atoms with van der Waals surface area (Å²) in [5.41, 5.74) is 5.13. The average Bonchev–Trinajstić information content (AvgIpc) is 2.18. The maximum Gasteiger partial charge on any atom is 0.214 e. The Morgan fingerprint density at radius 1 is 1.33 bits per heavy atom. The molecule has 0 unspecified atom stereocenters. The molecule has 3 N–H and O–H groups in total. The van der Waals surface area contributed by atoms with Crippen molar-refractivity contribution in [1.82, 2.24) is 4.98 Å². The van der Waals surface area contributed by atoms with Crippen LogP contribution < -0.4 is 5.73 Å². The first-order valence-electron chi connectivity index (χ1n) is 4.40. The van der Waals surface area contributed by atoms with Crippen LogP contribution >= 0.6 is 0 Å². The Balaban J connectivity index is 0.000000245. The van der Waals surface area contributed by atoms with Crippen molar-refractivity contribution in [2.75, 3.05) is 0 Å². The molecule has 78 valence electrons. The van der Waals surface area contributed by atoms with Gasteiger partial charge in [0.15, 0.2) is 0 Å². The molecule has 1 aromatic carbocycles. The highest BCUT2D eigenvalue weighted by Crippen LogP contribution is 2.20. The third-order valence-corrected chi connectivity index (χ3v) is 1.61. The van der Waals surface area contributed by atoms with Crippen molar-refractivity contribution in [3.8, 4) is 5.75 Å². The number of benzene rings is 1. The van der Waals surface area contributed by atoms with Crippen molar-refractivity contribution in [2.24, 2.45) is 5.73 Å². The molecule has 0 radical (unpaired) electrons. The largest absolute Gasteiger partial charge is 0.506 e. The van der Waals surface area contributed by atoms with Crippen LogP contribution in [-0.4, -0.2) is 16.0 Å². The Hall–Kier alpha value is -2.10. The SMILES string of the molecule is CC(N)=O.Oc1cccc2cccnc12. The Bertz CT molecular complexity index is 460. The fraction of sp³-hybridized carbons (Fsp3) is 0.0909. The van der Waals surface area contributed by atoms with Gasteiger partial charge in [0.05, 0.1) is 0 Å². The molecule has 0 aliphatic rings. The van der Waals surface area contributed by atoms with Gasteiger partial charge < -0.3 is 10.8 Å². The molecular weight excluding hydrogens is 192 g/mol. The van der Waals surface area contributed by atoms with Gasteiger partial charge in [-0.1, -0.05) is 18.2 Å². The molecule has 15 heavy (non-hydrogen) atoms. The molecule has 2 rings (SSSR count). The van der Waals surface area contributed by atoms with Gasteiger partial charge in [-0.15, -0.1) is 0 Å². The summed E-state index contributed by atoms with van der Waals surface area (Å²) in [5, 5.41) is 10.3. The number of fused-ring (bicyclic) bond motifs is 1. The predicted octanol–water partition coefficient (Wildman–Crippen LogP) is 1.43. The number of carbonyl (C=O) groups excluding carboxylic acids is 1.